The Bertz CT molecular complexity index is 339. The van der Waals surface area contributed by atoms with Gasteiger partial charge in [-0.15, -0.1) is 0 Å². The lowest BCUT2D eigenvalue weighted by atomic mass is 10.2. The van der Waals surface area contributed by atoms with E-state index in [0.717, 1.165) is 5.56 Å². The van der Waals surface area contributed by atoms with Crippen LogP contribution in [0.3, 0.4) is 0 Å². The number of aromatic amines is 1. The lowest BCUT2D eigenvalue weighted by Gasteiger charge is -1.89. The second kappa shape index (κ2) is 5.64. The van der Waals surface area contributed by atoms with Crippen LogP contribution in [0.4, 0.5) is 0 Å². The summed E-state index contributed by atoms with van der Waals surface area (Å²) >= 11 is 0. The number of hydrogen-bond donors (Lipinski definition) is 1. The van der Waals surface area contributed by atoms with Crippen molar-refractivity contribution in [2.75, 3.05) is 0 Å². The van der Waals surface area contributed by atoms with Crippen LogP contribution in [0.25, 0.3) is 0 Å². The van der Waals surface area contributed by atoms with Crippen molar-refractivity contribution < 1.29 is 4.79 Å². The number of benzene rings is 1. The Morgan fingerprint density at radius 1 is 1.29 bits per heavy atom. The Labute approximate surface area is 82.0 Å². The predicted molar refractivity (Wildman–Crippen MR) is 52.8 cm³/mol. The molecule has 0 aliphatic heterocycles. The standard InChI is InChI=1S/C8H8O.C2H3N3/c1-7(9)8-5-3-2-4-6-8;1-3-2-5-4-1/h2-6H,1H3;1-2H,(H,3,4,5). The molecule has 72 valence electrons. The van der Waals surface area contributed by atoms with Gasteiger partial charge in [0.25, 0.3) is 0 Å². The van der Waals surface area contributed by atoms with E-state index in [2.05, 4.69) is 15.2 Å². The Morgan fingerprint density at radius 2 is 2.00 bits per heavy atom. The summed E-state index contributed by atoms with van der Waals surface area (Å²) in [5.41, 5.74) is 0.775. The van der Waals surface area contributed by atoms with E-state index in [1.54, 1.807) is 6.92 Å². The molecule has 1 aromatic carbocycles. The monoisotopic (exact) mass is 189 g/mol. The second-order valence-electron chi connectivity index (χ2n) is 2.57. The molecule has 0 aliphatic rings. The number of Topliss-reactive ketones (excluding diaryl/α,β-unsaturated/α-hetero) is 1. The highest BCUT2D eigenvalue weighted by Gasteiger charge is 1.92. The smallest absolute Gasteiger partial charge is 0.159 e. The summed E-state index contributed by atoms with van der Waals surface area (Å²) in [7, 11) is 0. The normalized spacial score (nSPS) is 8.64. The van der Waals surface area contributed by atoms with Gasteiger partial charge in [-0.05, 0) is 6.92 Å². The van der Waals surface area contributed by atoms with Gasteiger partial charge in [-0.3, -0.25) is 9.89 Å². The van der Waals surface area contributed by atoms with E-state index >= 15 is 0 Å². The summed E-state index contributed by atoms with van der Waals surface area (Å²) < 4.78 is 0. The maximum Gasteiger partial charge on any atom is 0.159 e. The molecule has 0 amide bonds. The van der Waals surface area contributed by atoms with E-state index in [1.807, 2.05) is 30.3 Å². The summed E-state index contributed by atoms with van der Waals surface area (Å²) in [6.07, 6.45) is 2.96. The lowest BCUT2D eigenvalue weighted by Crippen LogP contribution is -1.88. The van der Waals surface area contributed by atoms with Crippen LogP contribution in [0.1, 0.15) is 17.3 Å². The van der Waals surface area contributed by atoms with Crippen LogP contribution in [0, 0.1) is 0 Å². The van der Waals surface area contributed by atoms with Crippen molar-refractivity contribution in [1.82, 2.24) is 15.2 Å². The molecule has 0 bridgehead atoms. The van der Waals surface area contributed by atoms with Crippen LogP contribution in [-0.4, -0.2) is 21.0 Å². The number of H-pyrrole nitrogens is 1. The van der Waals surface area contributed by atoms with Gasteiger partial charge >= 0.3 is 0 Å². The molecule has 0 saturated heterocycles. The zero-order chi connectivity index (χ0) is 10.2. The molecule has 1 aromatic heterocycles. The zero-order valence-corrected chi connectivity index (χ0v) is 7.84. The van der Waals surface area contributed by atoms with Crippen LogP contribution in [0.2, 0.25) is 0 Å². The van der Waals surface area contributed by atoms with E-state index in [9.17, 15) is 4.79 Å². The van der Waals surface area contributed by atoms with Gasteiger partial charge in [0.05, 0.1) is 0 Å². The fourth-order valence-corrected chi connectivity index (χ4v) is 0.840. The molecule has 0 aliphatic carbocycles. The summed E-state index contributed by atoms with van der Waals surface area (Å²) in [5, 5.41) is 5.99. The molecular formula is C10H11N3O. The fraction of sp³-hybridized carbons (Fsp3) is 0.100. The van der Waals surface area contributed by atoms with Crippen LogP contribution in [0.15, 0.2) is 43.0 Å². The maximum atomic E-state index is 10.6. The maximum absolute atomic E-state index is 10.6. The average molecular weight is 189 g/mol. The van der Waals surface area contributed by atoms with E-state index in [1.165, 1.54) is 12.7 Å². The molecule has 0 fully saturated rings. The number of hydrogen-bond acceptors (Lipinski definition) is 3. The fourth-order valence-electron chi connectivity index (χ4n) is 0.840. The van der Waals surface area contributed by atoms with Crippen molar-refractivity contribution in [1.29, 1.82) is 0 Å². The molecule has 1 N–H and O–H groups in total. The van der Waals surface area contributed by atoms with Crippen molar-refractivity contribution in [2.24, 2.45) is 0 Å². The first-order chi connectivity index (χ1) is 6.80. The molecule has 2 rings (SSSR count). The summed E-state index contributed by atoms with van der Waals surface area (Å²) in [6.45, 7) is 1.56. The number of rotatable bonds is 1. The quantitative estimate of drug-likeness (QED) is 0.694. The number of carbonyl (C=O) groups is 1. The highest BCUT2D eigenvalue weighted by Crippen LogP contribution is 1.97. The van der Waals surface area contributed by atoms with Crippen LogP contribution in [0.5, 0.6) is 0 Å². The third-order valence-electron chi connectivity index (χ3n) is 1.51. The van der Waals surface area contributed by atoms with Crippen molar-refractivity contribution in [3.8, 4) is 0 Å². The van der Waals surface area contributed by atoms with Crippen molar-refractivity contribution in [2.45, 2.75) is 6.92 Å². The topological polar surface area (TPSA) is 58.6 Å². The van der Waals surface area contributed by atoms with Gasteiger partial charge in [0, 0.05) is 5.56 Å². The molecular weight excluding hydrogens is 178 g/mol. The van der Waals surface area contributed by atoms with Crippen molar-refractivity contribution in [3.63, 3.8) is 0 Å². The van der Waals surface area contributed by atoms with Crippen LogP contribution in [-0.2, 0) is 0 Å². The zero-order valence-electron chi connectivity index (χ0n) is 7.84. The van der Waals surface area contributed by atoms with Crippen LogP contribution < -0.4 is 0 Å². The highest BCUT2D eigenvalue weighted by atomic mass is 16.1. The largest absolute Gasteiger partial charge is 0.295 e. The summed E-state index contributed by atoms with van der Waals surface area (Å²) in [5.74, 6) is 0.121. The Kier molecular flexibility index (Phi) is 4.07. The van der Waals surface area contributed by atoms with Gasteiger partial charge in [0.15, 0.2) is 5.78 Å². The molecule has 0 saturated carbocycles. The first-order valence-electron chi connectivity index (χ1n) is 4.15. The third kappa shape index (κ3) is 3.62. The van der Waals surface area contributed by atoms with Gasteiger partial charge in [-0.25, -0.2) is 4.98 Å². The Hall–Kier alpha value is -1.97. The van der Waals surface area contributed by atoms with Gasteiger partial charge in [-0.1, -0.05) is 30.3 Å². The highest BCUT2D eigenvalue weighted by molar-refractivity contribution is 5.93. The van der Waals surface area contributed by atoms with E-state index in [-0.39, 0.29) is 5.78 Å². The molecule has 14 heavy (non-hydrogen) atoms. The molecule has 0 atom stereocenters. The average Bonchev–Trinajstić information content (AvgIpc) is 2.77. The molecule has 4 heteroatoms. The molecule has 0 unspecified atom stereocenters. The number of ketones is 1. The predicted octanol–water partition coefficient (Wildman–Crippen LogP) is 1.69. The van der Waals surface area contributed by atoms with Crippen molar-refractivity contribution >= 4 is 5.78 Å². The summed E-state index contributed by atoms with van der Waals surface area (Å²) in [6, 6.07) is 9.23. The first-order valence-corrected chi connectivity index (χ1v) is 4.15. The SMILES string of the molecule is CC(=O)c1ccccc1.c1nc[nH]n1. The minimum absolute atomic E-state index is 0.121. The molecule has 2 aromatic rings. The molecule has 1 heterocycles. The third-order valence-corrected chi connectivity index (χ3v) is 1.51. The van der Waals surface area contributed by atoms with Gasteiger partial charge < -0.3 is 0 Å². The number of carbonyl (C=O) groups excluding carboxylic acids is 1. The molecule has 0 spiro atoms. The summed E-state index contributed by atoms with van der Waals surface area (Å²) in [4.78, 5) is 14.2. The van der Waals surface area contributed by atoms with E-state index in [0.29, 0.717) is 0 Å². The number of aromatic nitrogens is 3. The number of nitrogens with zero attached hydrogens (tertiary/aromatic N) is 2. The van der Waals surface area contributed by atoms with Gasteiger partial charge in [0.2, 0.25) is 0 Å². The number of nitrogens with one attached hydrogen (secondary N) is 1. The van der Waals surface area contributed by atoms with Crippen LogP contribution >= 0.6 is 0 Å². The van der Waals surface area contributed by atoms with E-state index < -0.39 is 0 Å². The minimum Gasteiger partial charge on any atom is -0.295 e. The molecule has 4 nitrogen and oxygen atoms in total. The van der Waals surface area contributed by atoms with Gasteiger partial charge in [-0.2, -0.15) is 5.10 Å². The Balaban J connectivity index is 0.000000165. The van der Waals surface area contributed by atoms with E-state index in [4.69, 9.17) is 0 Å². The van der Waals surface area contributed by atoms with Crippen molar-refractivity contribution in [3.05, 3.63) is 48.5 Å². The minimum atomic E-state index is 0.121. The lowest BCUT2D eigenvalue weighted by molar-refractivity contribution is 0.101. The second-order valence-corrected chi connectivity index (χ2v) is 2.57. The van der Waals surface area contributed by atoms with Gasteiger partial charge in [0.1, 0.15) is 12.7 Å². The molecule has 0 radical (unpaired) electrons. The first kappa shape index (κ1) is 10.1. The Morgan fingerprint density at radius 3 is 2.29 bits per heavy atom.